The summed E-state index contributed by atoms with van der Waals surface area (Å²) >= 11 is 0. The van der Waals surface area contributed by atoms with Gasteiger partial charge in [0.05, 0.1) is 12.3 Å². The molecule has 1 aromatic rings. The first-order valence-corrected chi connectivity index (χ1v) is 6.49. The number of hydrogen-bond acceptors (Lipinski definition) is 4. The first-order valence-electron chi connectivity index (χ1n) is 5.05. The van der Waals surface area contributed by atoms with Gasteiger partial charge in [-0.25, -0.2) is 0 Å². The summed E-state index contributed by atoms with van der Waals surface area (Å²) in [7, 11) is -0.551. The second kappa shape index (κ2) is 5.85. The standard InChI is InChI=1S/C10H17N3O3S/c1-13(10-5-3-9(11)4-6-10)17(14,15)12-7-8-16-2/h3-6,12H,7-8,11H2,1-2H3. The molecule has 0 saturated heterocycles. The molecule has 0 aromatic heterocycles. The van der Waals surface area contributed by atoms with Gasteiger partial charge >= 0.3 is 10.2 Å². The maximum atomic E-state index is 11.8. The maximum Gasteiger partial charge on any atom is 0.301 e. The fourth-order valence-electron chi connectivity index (χ4n) is 1.19. The fourth-order valence-corrected chi connectivity index (χ4v) is 2.13. The van der Waals surface area contributed by atoms with Gasteiger partial charge in [0.15, 0.2) is 0 Å². The Morgan fingerprint density at radius 2 is 1.94 bits per heavy atom. The summed E-state index contributed by atoms with van der Waals surface area (Å²) in [5.41, 5.74) is 6.67. The lowest BCUT2D eigenvalue weighted by Gasteiger charge is -2.19. The van der Waals surface area contributed by atoms with E-state index in [9.17, 15) is 8.42 Å². The van der Waals surface area contributed by atoms with Gasteiger partial charge in [0, 0.05) is 26.4 Å². The number of benzene rings is 1. The Morgan fingerprint density at radius 3 is 2.47 bits per heavy atom. The van der Waals surface area contributed by atoms with Crippen molar-refractivity contribution < 1.29 is 13.2 Å². The Hall–Kier alpha value is -1.31. The van der Waals surface area contributed by atoms with Crippen LogP contribution in [0.3, 0.4) is 0 Å². The van der Waals surface area contributed by atoms with Crippen molar-refractivity contribution in [3.05, 3.63) is 24.3 Å². The molecular weight excluding hydrogens is 242 g/mol. The van der Waals surface area contributed by atoms with Crippen molar-refractivity contribution in [1.82, 2.24) is 4.72 Å². The molecule has 7 heteroatoms. The van der Waals surface area contributed by atoms with Crippen LogP contribution in [-0.2, 0) is 14.9 Å². The van der Waals surface area contributed by atoms with Crippen LogP contribution in [0.5, 0.6) is 0 Å². The number of anilines is 2. The molecule has 0 atom stereocenters. The number of methoxy groups -OCH3 is 1. The predicted molar refractivity (Wildman–Crippen MR) is 68.1 cm³/mol. The third kappa shape index (κ3) is 3.88. The van der Waals surface area contributed by atoms with Crippen LogP contribution in [-0.4, -0.2) is 35.7 Å². The number of nitrogens with one attached hydrogen (secondary N) is 1. The van der Waals surface area contributed by atoms with Gasteiger partial charge in [-0.1, -0.05) is 0 Å². The molecule has 0 heterocycles. The van der Waals surface area contributed by atoms with Gasteiger partial charge in [-0.3, -0.25) is 4.31 Å². The lowest BCUT2D eigenvalue weighted by atomic mass is 10.3. The number of hydrogen-bond donors (Lipinski definition) is 2. The summed E-state index contributed by atoms with van der Waals surface area (Å²) in [5, 5.41) is 0. The Balaban J connectivity index is 2.74. The minimum atomic E-state index is -3.54. The van der Waals surface area contributed by atoms with E-state index in [0.717, 1.165) is 4.31 Å². The largest absolute Gasteiger partial charge is 0.399 e. The zero-order chi connectivity index (χ0) is 12.9. The highest BCUT2D eigenvalue weighted by molar-refractivity contribution is 7.90. The molecule has 0 saturated carbocycles. The van der Waals surface area contributed by atoms with Gasteiger partial charge in [0.1, 0.15) is 0 Å². The van der Waals surface area contributed by atoms with Gasteiger partial charge in [-0.15, -0.1) is 0 Å². The summed E-state index contributed by atoms with van der Waals surface area (Å²) in [6, 6.07) is 6.59. The second-order valence-corrected chi connectivity index (χ2v) is 5.24. The van der Waals surface area contributed by atoms with Crippen LogP contribution in [0.2, 0.25) is 0 Å². The number of nitrogens with two attached hydrogens (primary N) is 1. The molecule has 96 valence electrons. The smallest absolute Gasteiger partial charge is 0.301 e. The van der Waals surface area contributed by atoms with Crippen molar-refractivity contribution in [2.75, 3.05) is 37.3 Å². The van der Waals surface area contributed by atoms with Gasteiger partial charge in [0.25, 0.3) is 0 Å². The van der Waals surface area contributed by atoms with E-state index in [2.05, 4.69) is 4.72 Å². The molecule has 0 bridgehead atoms. The van der Waals surface area contributed by atoms with Crippen molar-refractivity contribution in [3.63, 3.8) is 0 Å². The van der Waals surface area contributed by atoms with Crippen LogP contribution in [0.15, 0.2) is 24.3 Å². The third-order valence-corrected chi connectivity index (χ3v) is 3.71. The highest BCUT2D eigenvalue weighted by Gasteiger charge is 2.16. The highest BCUT2D eigenvalue weighted by atomic mass is 32.2. The van der Waals surface area contributed by atoms with Crippen molar-refractivity contribution in [2.24, 2.45) is 0 Å². The summed E-state index contributed by atoms with van der Waals surface area (Å²) in [6.07, 6.45) is 0. The Bertz CT molecular complexity index is 444. The van der Waals surface area contributed by atoms with Crippen molar-refractivity contribution in [3.8, 4) is 0 Å². The summed E-state index contributed by atoms with van der Waals surface area (Å²) in [4.78, 5) is 0. The molecule has 0 aliphatic carbocycles. The van der Waals surface area contributed by atoms with Crippen LogP contribution in [0.1, 0.15) is 0 Å². The third-order valence-electron chi connectivity index (χ3n) is 2.21. The molecule has 0 amide bonds. The van der Waals surface area contributed by atoms with Crippen molar-refractivity contribution in [1.29, 1.82) is 0 Å². The van der Waals surface area contributed by atoms with Gasteiger partial charge < -0.3 is 10.5 Å². The number of ether oxygens (including phenoxy) is 1. The Morgan fingerprint density at radius 1 is 1.35 bits per heavy atom. The van der Waals surface area contributed by atoms with Crippen molar-refractivity contribution in [2.45, 2.75) is 0 Å². The number of rotatable bonds is 6. The van der Waals surface area contributed by atoms with Gasteiger partial charge in [-0.2, -0.15) is 13.1 Å². The van der Waals surface area contributed by atoms with E-state index in [1.165, 1.54) is 14.2 Å². The fraction of sp³-hybridized carbons (Fsp3) is 0.400. The molecule has 6 nitrogen and oxygen atoms in total. The van der Waals surface area contributed by atoms with Crippen LogP contribution in [0, 0.1) is 0 Å². The summed E-state index contributed by atoms with van der Waals surface area (Å²) in [5.74, 6) is 0. The second-order valence-electron chi connectivity index (χ2n) is 3.45. The van der Waals surface area contributed by atoms with Gasteiger partial charge in [0.2, 0.25) is 0 Å². The van der Waals surface area contributed by atoms with E-state index >= 15 is 0 Å². The Labute approximate surface area is 102 Å². The van der Waals surface area contributed by atoms with E-state index in [-0.39, 0.29) is 6.54 Å². The van der Waals surface area contributed by atoms with Crippen LogP contribution < -0.4 is 14.8 Å². The molecule has 0 radical (unpaired) electrons. The molecule has 3 N–H and O–H groups in total. The average molecular weight is 259 g/mol. The van der Waals surface area contributed by atoms with E-state index in [1.807, 2.05) is 0 Å². The van der Waals surface area contributed by atoms with Crippen molar-refractivity contribution >= 4 is 21.6 Å². The van der Waals surface area contributed by atoms with Crippen LogP contribution in [0.25, 0.3) is 0 Å². The van der Waals surface area contributed by atoms with Crippen LogP contribution in [0.4, 0.5) is 11.4 Å². The molecule has 0 spiro atoms. The van der Waals surface area contributed by atoms with E-state index < -0.39 is 10.2 Å². The first-order chi connectivity index (χ1) is 7.97. The normalized spacial score (nSPS) is 11.4. The maximum absolute atomic E-state index is 11.8. The minimum Gasteiger partial charge on any atom is -0.399 e. The quantitative estimate of drug-likeness (QED) is 0.564. The lowest BCUT2D eigenvalue weighted by molar-refractivity contribution is 0.204. The average Bonchev–Trinajstić information content (AvgIpc) is 2.29. The van der Waals surface area contributed by atoms with Crippen LogP contribution >= 0.6 is 0 Å². The molecular formula is C10H17N3O3S. The Kier molecular flexibility index (Phi) is 4.73. The topological polar surface area (TPSA) is 84.7 Å². The highest BCUT2D eigenvalue weighted by Crippen LogP contribution is 2.16. The molecule has 0 fully saturated rings. The monoisotopic (exact) mass is 259 g/mol. The molecule has 1 aromatic carbocycles. The summed E-state index contributed by atoms with van der Waals surface area (Å²) < 4.78 is 32.0. The summed E-state index contributed by atoms with van der Waals surface area (Å²) in [6.45, 7) is 0.562. The molecule has 0 unspecified atom stereocenters. The first kappa shape index (κ1) is 13.8. The number of nitrogen functional groups attached to an aromatic ring is 1. The molecule has 17 heavy (non-hydrogen) atoms. The van der Waals surface area contributed by atoms with E-state index in [1.54, 1.807) is 24.3 Å². The zero-order valence-corrected chi connectivity index (χ0v) is 10.7. The predicted octanol–water partition coefficient (Wildman–Crippen LogP) is 0.186. The number of nitrogens with zero attached hydrogens (tertiary/aromatic N) is 1. The SMILES string of the molecule is COCCNS(=O)(=O)N(C)c1ccc(N)cc1. The van der Waals surface area contributed by atoms with E-state index in [0.29, 0.717) is 18.0 Å². The van der Waals surface area contributed by atoms with Gasteiger partial charge in [-0.05, 0) is 24.3 Å². The molecule has 0 aliphatic rings. The zero-order valence-electron chi connectivity index (χ0n) is 9.88. The van der Waals surface area contributed by atoms with E-state index in [4.69, 9.17) is 10.5 Å². The lowest BCUT2D eigenvalue weighted by Crippen LogP contribution is -2.39. The minimum absolute atomic E-state index is 0.234. The molecule has 0 aliphatic heterocycles. The molecule has 1 rings (SSSR count).